The van der Waals surface area contributed by atoms with Crippen LogP contribution in [0.25, 0.3) is 11.1 Å². The second-order valence-electron chi connectivity index (χ2n) is 7.67. The van der Waals surface area contributed by atoms with Crippen LogP contribution in [0.1, 0.15) is 19.3 Å². The fourth-order valence-electron chi connectivity index (χ4n) is 3.84. The van der Waals surface area contributed by atoms with Crippen molar-refractivity contribution >= 4 is 29.5 Å². The highest BCUT2D eigenvalue weighted by molar-refractivity contribution is 6.33. The van der Waals surface area contributed by atoms with E-state index in [-0.39, 0.29) is 28.8 Å². The molecule has 1 fully saturated rings. The number of nitrogens with zero attached hydrogens (tertiary/aromatic N) is 4. The number of anilines is 1. The third-order valence-corrected chi connectivity index (χ3v) is 5.65. The molecule has 2 aromatic carbocycles. The van der Waals surface area contributed by atoms with Crippen LogP contribution in [-0.4, -0.2) is 54.0 Å². The first-order valence-corrected chi connectivity index (χ1v) is 11.0. The van der Waals surface area contributed by atoms with Crippen molar-refractivity contribution in [3.05, 3.63) is 47.5 Å². The minimum absolute atomic E-state index is 0.0112. The zero-order valence-electron chi connectivity index (χ0n) is 18.5. The van der Waals surface area contributed by atoms with Crippen molar-refractivity contribution in [2.24, 2.45) is 21.2 Å². The van der Waals surface area contributed by atoms with E-state index in [1.54, 1.807) is 11.0 Å². The Morgan fingerprint density at radius 1 is 1.29 bits per heavy atom. The zero-order chi connectivity index (χ0) is 25.4. The number of benzene rings is 2. The topological polar surface area (TPSA) is 125 Å². The molecule has 1 unspecified atom stereocenters. The summed E-state index contributed by atoms with van der Waals surface area (Å²) in [5.41, 5.74) is 0.829. The lowest BCUT2D eigenvalue weighted by Gasteiger charge is -2.37. The Morgan fingerprint density at radius 3 is 2.77 bits per heavy atom. The standard InChI is InChI=1S/C22H24ClF3N6O3/c23-17-11-14(8-9-15(17)16-5-1-2-7-19(16)35-22(24,25)26)30-21(34)18-6-3-4-10-32(18)20(33)12-28-13-29-31-27/h1-2,5,7-9,11,13,18,20,33H,3-4,6,10,12H2,(H,30,34)(H2,27,28,29)/t18-,20?/m1/s1. The van der Waals surface area contributed by atoms with Crippen LogP contribution in [0.15, 0.2) is 57.8 Å². The highest BCUT2D eigenvalue weighted by Gasteiger charge is 2.33. The number of hydrogen-bond acceptors (Lipinski definition) is 6. The number of alkyl halides is 3. The van der Waals surface area contributed by atoms with E-state index in [0.717, 1.165) is 19.2 Å². The molecule has 35 heavy (non-hydrogen) atoms. The van der Waals surface area contributed by atoms with Crippen LogP contribution in [0, 0.1) is 0 Å². The Labute approximate surface area is 204 Å². The number of aliphatic hydroxyl groups is 1. The molecule has 2 atom stereocenters. The first-order valence-electron chi connectivity index (χ1n) is 10.7. The molecule has 1 saturated heterocycles. The fraction of sp³-hybridized carbons (Fsp3) is 0.364. The monoisotopic (exact) mass is 512 g/mol. The van der Waals surface area contributed by atoms with E-state index in [2.05, 4.69) is 25.4 Å². The summed E-state index contributed by atoms with van der Waals surface area (Å²) in [5, 5.41) is 19.8. The molecule has 0 aliphatic carbocycles. The van der Waals surface area contributed by atoms with E-state index in [1.165, 1.54) is 36.4 Å². The lowest BCUT2D eigenvalue weighted by molar-refractivity contribution is -0.274. The third-order valence-electron chi connectivity index (χ3n) is 5.34. The smallest absolute Gasteiger partial charge is 0.405 e. The number of nitrogens with two attached hydrogens (primary N) is 1. The number of aliphatic imine (C=N–C) groups is 1. The Morgan fingerprint density at radius 2 is 2.06 bits per heavy atom. The van der Waals surface area contributed by atoms with Gasteiger partial charge in [0.1, 0.15) is 18.3 Å². The first kappa shape index (κ1) is 26.4. The maximum Gasteiger partial charge on any atom is 0.573 e. The van der Waals surface area contributed by atoms with E-state index >= 15 is 0 Å². The summed E-state index contributed by atoms with van der Waals surface area (Å²) in [6, 6.07) is 9.52. The Hall–Kier alpha value is -3.22. The Balaban J connectivity index is 1.74. The van der Waals surface area contributed by atoms with Gasteiger partial charge in [0, 0.05) is 23.4 Å². The Kier molecular flexibility index (Phi) is 9.01. The summed E-state index contributed by atoms with van der Waals surface area (Å²) >= 11 is 6.36. The van der Waals surface area contributed by atoms with Crippen molar-refractivity contribution in [1.29, 1.82) is 0 Å². The molecule has 0 saturated carbocycles. The number of para-hydroxylation sites is 1. The number of aliphatic hydroxyl groups excluding tert-OH is 1. The van der Waals surface area contributed by atoms with Crippen molar-refractivity contribution in [1.82, 2.24) is 4.90 Å². The number of hydrogen-bond donors (Lipinski definition) is 3. The maximum atomic E-state index is 13.0. The van der Waals surface area contributed by atoms with Gasteiger partial charge >= 0.3 is 6.36 Å². The molecular formula is C22H24ClF3N6O3. The summed E-state index contributed by atoms with van der Waals surface area (Å²) in [6.45, 7) is 0.492. The van der Waals surface area contributed by atoms with E-state index in [9.17, 15) is 23.1 Å². The zero-order valence-corrected chi connectivity index (χ0v) is 19.2. The lowest BCUT2D eigenvalue weighted by atomic mass is 10.0. The average Bonchev–Trinajstić information content (AvgIpc) is 2.81. The molecule has 1 amide bonds. The summed E-state index contributed by atoms with van der Waals surface area (Å²) in [5.74, 6) is 4.15. The van der Waals surface area contributed by atoms with Gasteiger partial charge in [0.2, 0.25) is 5.91 Å². The van der Waals surface area contributed by atoms with Gasteiger partial charge in [-0.3, -0.25) is 14.7 Å². The number of likely N-dealkylation sites (tertiary alicyclic amines) is 1. The second-order valence-corrected chi connectivity index (χ2v) is 8.08. The first-order chi connectivity index (χ1) is 16.7. The molecule has 1 heterocycles. The van der Waals surface area contributed by atoms with Crippen molar-refractivity contribution in [2.45, 2.75) is 37.9 Å². The lowest BCUT2D eigenvalue weighted by Crippen LogP contribution is -2.52. The predicted molar refractivity (Wildman–Crippen MR) is 125 cm³/mol. The van der Waals surface area contributed by atoms with Gasteiger partial charge in [-0.1, -0.05) is 47.5 Å². The number of amides is 1. The van der Waals surface area contributed by atoms with Gasteiger partial charge in [-0.25, -0.2) is 0 Å². The van der Waals surface area contributed by atoms with Gasteiger partial charge in [-0.15, -0.1) is 18.3 Å². The average molecular weight is 513 g/mol. The number of halogens is 4. The number of carbonyl (C=O) groups excluding carboxylic acids is 1. The summed E-state index contributed by atoms with van der Waals surface area (Å²) in [4.78, 5) is 18.6. The number of carbonyl (C=O) groups is 1. The molecule has 188 valence electrons. The number of rotatable bonds is 8. The fourth-order valence-corrected chi connectivity index (χ4v) is 4.13. The number of piperidine rings is 1. The quantitative estimate of drug-likeness (QED) is 0.159. The highest BCUT2D eigenvalue weighted by Crippen LogP contribution is 2.38. The normalized spacial score (nSPS) is 18.1. The van der Waals surface area contributed by atoms with E-state index < -0.39 is 18.6 Å². The van der Waals surface area contributed by atoms with Crippen LogP contribution in [0.3, 0.4) is 0 Å². The van der Waals surface area contributed by atoms with Gasteiger partial charge in [-0.2, -0.15) is 0 Å². The van der Waals surface area contributed by atoms with Gasteiger partial charge < -0.3 is 21.0 Å². The number of ether oxygens (including phenoxy) is 1. The largest absolute Gasteiger partial charge is 0.573 e. The van der Waals surface area contributed by atoms with Crippen LogP contribution >= 0.6 is 11.6 Å². The van der Waals surface area contributed by atoms with Gasteiger partial charge in [0.05, 0.1) is 17.6 Å². The molecule has 3 rings (SSSR count). The SMILES string of the molecule is NN=NC=NCC(O)N1CCCC[C@@H]1C(=O)Nc1ccc(-c2ccccc2OC(F)(F)F)c(Cl)c1. The second kappa shape index (κ2) is 12.0. The number of nitrogens with one attached hydrogen (secondary N) is 1. The van der Waals surface area contributed by atoms with Crippen LogP contribution < -0.4 is 15.9 Å². The Bertz CT molecular complexity index is 1080. The molecular weight excluding hydrogens is 489 g/mol. The molecule has 2 aromatic rings. The van der Waals surface area contributed by atoms with Gasteiger partial charge in [0.15, 0.2) is 0 Å². The van der Waals surface area contributed by atoms with Crippen LogP contribution in [-0.2, 0) is 4.79 Å². The van der Waals surface area contributed by atoms with Crippen molar-refractivity contribution in [3.63, 3.8) is 0 Å². The minimum Gasteiger partial charge on any atom is -0.405 e. The molecule has 9 nitrogen and oxygen atoms in total. The van der Waals surface area contributed by atoms with Crippen molar-refractivity contribution < 1.29 is 27.8 Å². The highest BCUT2D eigenvalue weighted by atomic mass is 35.5. The van der Waals surface area contributed by atoms with Crippen molar-refractivity contribution in [2.75, 3.05) is 18.4 Å². The summed E-state index contributed by atoms with van der Waals surface area (Å²) in [7, 11) is 0. The summed E-state index contributed by atoms with van der Waals surface area (Å²) < 4.78 is 42.4. The van der Waals surface area contributed by atoms with E-state index in [1.807, 2.05) is 0 Å². The van der Waals surface area contributed by atoms with Crippen molar-refractivity contribution in [3.8, 4) is 16.9 Å². The van der Waals surface area contributed by atoms with Crippen LogP contribution in [0.4, 0.5) is 18.9 Å². The molecule has 0 spiro atoms. The molecule has 1 aliphatic heterocycles. The molecule has 1 aliphatic rings. The maximum absolute atomic E-state index is 13.0. The molecule has 0 aromatic heterocycles. The molecule has 0 bridgehead atoms. The van der Waals surface area contributed by atoms with E-state index in [4.69, 9.17) is 17.4 Å². The molecule has 0 radical (unpaired) electrons. The molecule has 13 heteroatoms. The van der Waals surface area contributed by atoms with E-state index in [0.29, 0.717) is 24.2 Å². The minimum atomic E-state index is -4.85. The summed E-state index contributed by atoms with van der Waals surface area (Å²) in [6.07, 6.45) is -2.60. The molecule has 4 N–H and O–H groups in total. The van der Waals surface area contributed by atoms with Gasteiger partial charge in [0.25, 0.3) is 0 Å². The third kappa shape index (κ3) is 7.38. The van der Waals surface area contributed by atoms with Crippen LogP contribution in [0.5, 0.6) is 5.75 Å². The van der Waals surface area contributed by atoms with Gasteiger partial charge in [-0.05, 0) is 31.0 Å². The predicted octanol–water partition coefficient (Wildman–Crippen LogP) is 4.37. The van der Waals surface area contributed by atoms with Crippen LogP contribution in [0.2, 0.25) is 5.02 Å².